The van der Waals surface area contributed by atoms with Gasteiger partial charge in [-0.05, 0) is 13.8 Å². The summed E-state index contributed by atoms with van der Waals surface area (Å²) in [5.74, 6) is 0.262. The quantitative estimate of drug-likeness (QED) is 0.635. The minimum Gasteiger partial charge on any atom is -0.337 e. The van der Waals surface area contributed by atoms with Crippen LogP contribution in [0.4, 0.5) is 0 Å². The SMILES string of the molecule is C[C@@H]1CN[C@@H](C)CN1C(=O)C(C)(C)C. The number of nitrogens with one attached hydrogen (secondary N) is 1. The molecule has 0 saturated carbocycles. The summed E-state index contributed by atoms with van der Waals surface area (Å²) in [7, 11) is 0. The Balaban J connectivity index is 2.70. The molecule has 0 aromatic rings. The summed E-state index contributed by atoms with van der Waals surface area (Å²) in [5.41, 5.74) is -0.259. The third-order valence-corrected chi connectivity index (χ3v) is 2.67. The highest BCUT2D eigenvalue weighted by Crippen LogP contribution is 2.20. The lowest BCUT2D eigenvalue weighted by Gasteiger charge is -2.40. The maximum absolute atomic E-state index is 12.1. The summed E-state index contributed by atoms with van der Waals surface area (Å²) in [6.45, 7) is 11.9. The normalized spacial score (nSPS) is 29.1. The molecular formula is C11H22N2O. The molecule has 82 valence electrons. The highest BCUT2D eigenvalue weighted by molar-refractivity contribution is 5.82. The maximum Gasteiger partial charge on any atom is 0.228 e. The van der Waals surface area contributed by atoms with Crippen molar-refractivity contribution in [1.82, 2.24) is 10.2 Å². The highest BCUT2D eigenvalue weighted by Gasteiger charge is 2.33. The number of hydrogen-bond donors (Lipinski definition) is 1. The first-order valence-corrected chi connectivity index (χ1v) is 5.37. The van der Waals surface area contributed by atoms with E-state index >= 15 is 0 Å². The van der Waals surface area contributed by atoms with Crippen LogP contribution in [0.3, 0.4) is 0 Å². The molecule has 2 atom stereocenters. The summed E-state index contributed by atoms with van der Waals surface area (Å²) in [5, 5.41) is 3.37. The molecule has 0 bridgehead atoms. The second-order valence-electron chi connectivity index (χ2n) is 5.37. The van der Waals surface area contributed by atoms with Gasteiger partial charge in [-0.3, -0.25) is 4.79 Å². The minimum absolute atomic E-state index is 0.259. The first kappa shape index (κ1) is 11.5. The van der Waals surface area contributed by atoms with Gasteiger partial charge in [0, 0.05) is 30.6 Å². The third-order valence-electron chi connectivity index (χ3n) is 2.67. The summed E-state index contributed by atoms with van der Waals surface area (Å²) in [4.78, 5) is 14.1. The zero-order valence-electron chi connectivity index (χ0n) is 9.92. The standard InChI is InChI=1S/C11H22N2O/c1-8-7-13(9(2)6-12-8)10(14)11(3,4)5/h8-9,12H,6-7H2,1-5H3/t8-,9+/m0/s1. The molecule has 0 aliphatic carbocycles. The molecular weight excluding hydrogens is 176 g/mol. The van der Waals surface area contributed by atoms with Crippen LogP contribution in [0.1, 0.15) is 34.6 Å². The van der Waals surface area contributed by atoms with Gasteiger partial charge in [0.05, 0.1) is 0 Å². The van der Waals surface area contributed by atoms with Crippen molar-refractivity contribution in [1.29, 1.82) is 0 Å². The largest absolute Gasteiger partial charge is 0.337 e. The Hall–Kier alpha value is -0.570. The molecule has 0 radical (unpaired) electrons. The van der Waals surface area contributed by atoms with Gasteiger partial charge in [-0.1, -0.05) is 20.8 Å². The zero-order chi connectivity index (χ0) is 10.9. The molecule has 0 spiro atoms. The number of piperazine rings is 1. The molecule has 3 nitrogen and oxygen atoms in total. The van der Waals surface area contributed by atoms with E-state index in [0.29, 0.717) is 12.1 Å². The van der Waals surface area contributed by atoms with Crippen molar-refractivity contribution in [3.63, 3.8) is 0 Å². The maximum atomic E-state index is 12.1. The van der Waals surface area contributed by atoms with Gasteiger partial charge in [0.15, 0.2) is 0 Å². The van der Waals surface area contributed by atoms with E-state index in [1.54, 1.807) is 0 Å². The number of rotatable bonds is 0. The monoisotopic (exact) mass is 198 g/mol. The van der Waals surface area contributed by atoms with E-state index in [9.17, 15) is 4.79 Å². The van der Waals surface area contributed by atoms with Crippen LogP contribution < -0.4 is 5.32 Å². The Morgan fingerprint density at radius 3 is 2.43 bits per heavy atom. The second kappa shape index (κ2) is 3.89. The lowest BCUT2D eigenvalue weighted by atomic mass is 9.93. The van der Waals surface area contributed by atoms with Crippen LogP contribution in [0, 0.1) is 5.41 Å². The van der Waals surface area contributed by atoms with Gasteiger partial charge in [-0.25, -0.2) is 0 Å². The van der Waals surface area contributed by atoms with Gasteiger partial charge in [-0.2, -0.15) is 0 Å². The summed E-state index contributed by atoms with van der Waals surface area (Å²) >= 11 is 0. The molecule has 1 N–H and O–H groups in total. The van der Waals surface area contributed by atoms with Crippen molar-refractivity contribution in [2.45, 2.75) is 46.7 Å². The minimum atomic E-state index is -0.259. The molecule has 3 heteroatoms. The molecule has 0 unspecified atom stereocenters. The van der Waals surface area contributed by atoms with Crippen molar-refractivity contribution < 1.29 is 4.79 Å². The predicted molar refractivity (Wildman–Crippen MR) is 58.1 cm³/mol. The van der Waals surface area contributed by atoms with Crippen LogP contribution in [0.15, 0.2) is 0 Å². The van der Waals surface area contributed by atoms with Gasteiger partial charge in [0.25, 0.3) is 0 Å². The number of carbonyl (C=O) groups excluding carboxylic acids is 1. The zero-order valence-corrected chi connectivity index (χ0v) is 9.92. The average Bonchev–Trinajstić information content (AvgIpc) is 2.06. The molecule has 1 fully saturated rings. The second-order valence-corrected chi connectivity index (χ2v) is 5.37. The number of hydrogen-bond acceptors (Lipinski definition) is 2. The molecule has 1 amide bonds. The first-order chi connectivity index (χ1) is 6.32. The first-order valence-electron chi connectivity index (χ1n) is 5.37. The predicted octanol–water partition coefficient (Wildman–Crippen LogP) is 1.24. The van der Waals surface area contributed by atoms with E-state index in [-0.39, 0.29) is 11.3 Å². The molecule has 0 aromatic carbocycles. The molecule has 14 heavy (non-hydrogen) atoms. The van der Waals surface area contributed by atoms with E-state index in [2.05, 4.69) is 19.2 Å². The molecule has 1 aliphatic rings. The van der Waals surface area contributed by atoms with Gasteiger partial charge in [-0.15, -0.1) is 0 Å². The Kier molecular flexibility index (Phi) is 3.20. The van der Waals surface area contributed by atoms with Crippen LogP contribution in [0.25, 0.3) is 0 Å². The van der Waals surface area contributed by atoms with Crippen LogP contribution >= 0.6 is 0 Å². The van der Waals surface area contributed by atoms with Crippen molar-refractivity contribution in [2.24, 2.45) is 5.41 Å². The van der Waals surface area contributed by atoms with Crippen molar-refractivity contribution in [3.05, 3.63) is 0 Å². The van der Waals surface area contributed by atoms with Gasteiger partial charge in [0.1, 0.15) is 0 Å². The van der Waals surface area contributed by atoms with Crippen molar-refractivity contribution in [2.75, 3.05) is 13.1 Å². The van der Waals surface area contributed by atoms with Gasteiger partial charge < -0.3 is 10.2 Å². The fourth-order valence-corrected chi connectivity index (χ4v) is 1.74. The highest BCUT2D eigenvalue weighted by atomic mass is 16.2. The number of carbonyl (C=O) groups is 1. The van der Waals surface area contributed by atoms with Crippen molar-refractivity contribution >= 4 is 5.91 Å². The fourth-order valence-electron chi connectivity index (χ4n) is 1.74. The van der Waals surface area contributed by atoms with E-state index in [0.717, 1.165) is 13.1 Å². The van der Waals surface area contributed by atoms with E-state index in [1.165, 1.54) is 0 Å². The topological polar surface area (TPSA) is 32.3 Å². The van der Waals surface area contributed by atoms with Crippen LogP contribution in [0.2, 0.25) is 0 Å². The fraction of sp³-hybridized carbons (Fsp3) is 0.909. The van der Waals surface area contributed by atoms with E-state index in [4.69, 9.17) is 0 Å². The van der Waals surface area contributed by atoms with Crippen LogP contribution in [-0.2, 0) is 4.79 Å². The summed E-state index contributed by atoms with van der Waals surface area (Å²) in [6.07, 6.45) is 0. The van der Waals surface area contributed by atoms with Crippen LogP contribution in [0.5, 0.6) is 0 Å². The molecule has 1 saturated heterocycles. The molecule has 1 heterocycles. The van der Waals surface area contributed by atoms with Gasteiger partial charge >= 0.3 is 0 Å². The summed E-state index contributed by atoms with van der Waals surface area (Å²) in [6, 6.07) is 0.732. The molecule has 1 rings (SSSR count). The van der Waals surface area contributed by atoms with E-state index in [1.807, 2.05) is 25.7 Å². The van der Waals surface area contributed by atoms with E-state index < -0.39 is 0 Å². The van der Waals surface area contributed by atoms with Crippen LogP contribution in [-0.4, -0.2) is 36.0 Å². The third kappa shape index (κ3) is 2.47. The Morgan fingerprint density at radius 2 is 1.93 bits per heavy atom. The lowest BCUT2D eigenvalue weighted by Crippen LogP contribution is -2.58. The lowest BCUT2D eigenvalue weighted by molar-refractivity contribution is -0.143. The molecule has 1 aliphatic heterocycles. The number of amides is 1. The molecule has 0 aromatic heterocycles. The number of nitrogens with zero attached hydrogens (tertiary/aromatic N) is 1. The Morgan fingerprint density at radius 1 is 1.36 bits per heavy atom. The Bertz CT molecular complexity index is 220. The average molecular weight is 198 g/mol. The van der Waals surface area contributed by atoms with Gasteiger partial charge in [0.2, 0.25) is 5.91 Å². The smallest absolute Gasteiger partial charge is 0.228 e. The Labute approximate surface area is 86.9 Å². The van der Waals surface area contributed by atoms with Crippen molar-refractivity contribution in [3.8, 4) is 0 Å². The summed E-state index contributed by atoms with van der Waals surface area (Å²) < 4.78 is 0.